The standard InChI is InChI=1S/C13H14N2O6S/c1-3-22(19,20)14-8(2)13(18)21-15-11(16)9-6-4-5-7-10(9)12(15)17/h4-8,14H,3H2,1-2H3. The van der Waals surface area contributed by atoms with Gasteiger partial charge in [-0.25, -0.2) is 17.9 Å². The lowest BCUT2D eigenvalue weighted by Gasteiger charge is -2.16. The SMILES string of the molecule is CCS(=O)(=O)NC(C)C(=O)ON1C(=O)c2ccccc2C1=O. The molecule has 118 valence electrons. The van der Waals surface area contributed by atoms with Gasteiger partial charge in [-0.15, -0.1) is 0 Å². The van der Waals surface area contributed by atoms with E-state index in [1.807, 2.05) is 0 Å². The number of hydroxylamine groups is 2. The fourth-order valence-electron chi connectivity index (χ4n) is 1.82. The largest absolute Gasteiger partial charge is 0.350 e. The highest BCUT2D eigenvalue weighted by Crippen LogP contribution is 2.22. The molecule has 0 aliphatic carbocycles. The number of fused-ring (bicyclic) bond motifs is 1. The lowest BCUT2D eigenvalue weighted by Crippen LogP contribution is -2.44. The van der Waals surface area contributed by atoms with Crippen molar-refractivity contribution in [2.45, 2.75) is 19.9 Å². The predicted molar refractivity (Wildman–Crippen MR) is 75.1 cm³/mol. The lowest BCUT2D eigenvalue weighted by atomic mass is 10.1. The predicted octanol–water partition coefficient (Wildman–Crippen LogP) is 0.0686. The maximum atomic E-state index is 12.0. The Hall–Kier alpha value is -2.26. The van der Waals surface area contributed by atoms with Gasteiger partial charge < -0.3 is 4.84 Å². The molecule has 22 heavy (non-hydrogen) atoms. The number of hydrogen-bond acceptors (Lipinski definition) is 6. The smallest absolute Gasteiger partial charge is 0.328 e. The van der Waals surface area contributed by atoms with E-state index in [1.165, 1.54) is 26.0 Å². The van der Waals surface area contributed by atoms with Crippen LogP contribution in [0.5, 0.6) is 0 Å². The minimum atomic E-state index is -3.62. The Morgan fingerprint density at radius 3 is 2.18 bits per heavy atom. The average molecular weight is 326 g/mol. The molecule has 1 atom stereocenters. The summed E-state index contributed by atoms with van der Waals surface area (Å²) in [6, 6.07) is 4.80. The maximum absolute atomic E-state index is 12.0. The number of amides is 2. The number of benzene rings is 1. The number of rotatable bonds is 5. The number of nitrogens with one attached hydrogen (secondary N) is 1. The Morgan fingerprint density at radius 2 is 1.73 bits per heavy atom. The Kier molecular flexibility index (Phi) is 4.29. The highest BCUT2D eigenvalue weighted by molar-refractivity contribution is 7.89. The van der Waals surface area contributed by atoms with E-state index >= 15 is 0 Å². The van der Waals surface area contributed by atoms with Crippen LogP contribution in [-0.2, 0) is 19.7 Å². The van der Waals surface area contributed by atoms with Crippen molar-refractivity contribution in [1.29, 1.82) is 0 Å². The number of carbonyl (C=O) groups excluding carboxylic acids is 3. The third kappa shape index (κ3) is 3.00. The van der Waals surface area contributed by atoms with Crippen LogP contribution in [0.25, 0.3) is 0 Å². The van der Waals surface area contributed by atoms with Gasteiger partial charge in [0.15, 0.2) is 0 Å². The van der Waals surface area contributed by atoms with Gasteiger partial charge in [-0.1, -0.05) is 17.2 Å². The molecule has 1 aromatic carbocycles. The van der Waals surface area contributed by atoms with Gasteiger partial charge in [0.1, 0.15) is 6.04 Å². The van der Waals surface area contributed by atoms with Crippen molar-refractivity contribution >= 4 is 27.8 Å². The molecule has 0 saturated carbocycles. The number of sulfonamides is 1. The van der Waals surface area contributed by atoms with Crippen molar-refractivity contribution in [3.05, 3.63) is 35.4 Å². The Bertz CT molecular complexity index is 708. The summed E-state index contributed by atoms with van der Waals surface area (Å²) in [5.41, 5.74) is 0.254. The zero-order valence-corrected chi connectivity index (χ0v) is 12.7. The van der Waals surface area contributed by atoms with Gasteiger partial charge in [0, 0.05) is 0 Å². The van der Waals surface area contributed by atoms with Gasteiger partial charge in [0.25, 0.3) is 11.8 Å². The van der Waals surface area contributed by atoms with Crippen LogP contribution in [-0.4, -0.2) is 43.1 Å². The second-order valence-corrected chi connectivity index (χ2v) is 6.65. The maximum Gasteiger partial charge on any atom is 0.350 e. The van der Waals surface area contributed by atoms with E-state index in [1.54, 1.807) is 12.1 Å². The molecule has 1 unspecified atom stereocenters. The van der Waals surface area contributed by atoms with Crippen LogP contribution >= 0.6 is 0 Å². The summed E-state index contributed by atoms with van der Waals surface area (Å²) < 4.78 is 24.9. The summed E-state index contributed by atoms with van der Waals surface area (Å²) in [5, 5.41) is 0.337. The van der Waals surface area contributed by atoms with Crippen molar-refractivity contribution in [3.8, 4) is 0 Å². The lowest BCUT2D eigenvalue weighted by molar-refractivity contribution is -0.170. The molecule has 1 aliphatic rings. The summed E-state index contributed by atoms with van der Waals surface area (Å²) in [4.78, 5) is 40.6. The van der Waals surface area contributed by atoms with Gasteiger partial charge in [-0.05, 0) is 26.0 Å². The third-order valence-electron chi connectivity index (χ3n) is 3.03. The normalized spacial score (nSPS) is 15.6. The zero-order valence-electron chi connectivity index (χ0n) is 11.9. The average Bonchev–Trinajstić information content (AvgIpc) is 2.72. The first-order valence-electron chi connectivity index (χ1n) is 6.46. The molecular formula is C13H14N2O6S. The van der Waals surface area contributed by atoms with E-state index in [9.17, 15) is 22.8 Å². The van der Waals surface area contributed by atoms with Crippen molar-refractivity contribution in [1.82, 2.24) is 9.79 Å². The molecule has 2 rings (SSSR count). The molecule has 1 heterocycles. The van der Waals surface area contributed by atoms with Crippen LogP contribution in [0, 0.1) is 0 Å². The quantitative estimate of drug-likeness (QED) is 0.767. The van der Waals surface area contributed by atoms with Crippen LogP contribution in [0.4, 0.5) is 0 Å². The molecule has 0 aromatic heterocycles. The summed E-state index contributed by atoms with van der Waals surface area (Å²) >= 11 is 0. The molecule has 0 spiro atoms. The Labute approximate surface area is 127 Å². The van der Waals surface area contributed by atoms with Crippen molar-refractivity contribution < 1.29 is 27.6 Å². The van der Waals surface area contributed by atoms with Crippen molar-refractivity contribution in [3.63, 3.8) is 0 Å². The van der Waals surface area contributed by atoms with Crippen molar-refractivity contribution in [2.24, 2.45) is 0 Å². The minimum Gasteiger partial charge on any atom is -0.328 e. The van der Waals surface area contributed by atoms with Crippen LogP contribution in [0.1, 0.15) is 34.6 Å². The summed E-state index contributed by atoms with van der Waals surface area (Å²) in [7, 11) is -3.62. The van der Waals surface area contributed by atoms with E-state index in [0.29, 0.717) is 5.06 Å². The molecule has 0 saturated heterocycles. The number of imide groups is 1. The van der Waals surface area contributed by atoms with E-state index in [-0.39, 0.29) is 16.9 Å². The van der Waals surface area contributed by atoms with E-state index < -0.39 is 33.8 Å². The fraction of sp³-hybridized carbons (Fsp3) is 0.308. The fourth-order valence-corrected chi connectivity index (χ4v) is 2.62. The minimum absolute atomic E-state index is 0.127. The highest BCUT2D eigenvalue weighted by atomic mass is 32.2. The van der Waals surface area contributed by atoms with Gasteiger partial charge >= 0.3 is 5.97 Å². The summed E-state index contributed by atoms with van der Waals surface area (Å²) in [6.45, 7) is 2.66. The highest BCUT2D eigenvalue weighted by Gasteiger charge is 2.39. The molecule has 1 aliphatic heterocycles. The van der Waals surface area contributed by atoms with E-state index in [0.717, 1.165) is 0 Å². The second kappa shape index (κ2) is 5.85. The summed E-state index contributed by atoms with van der Waals surface area (Å²) in [5.74, 6) is -2.79. The van der Waals surface area contributed by atoms with Gasteiger partial charge in [0.05, 0.1) is 16.9 Å². The Morgan fingerprint density at radius 1 is 1.23 bits per heavy atom. The zero-order chi connectivity index (χ0) is 16.5. The summed E-state index contributed by atoms with van der Waals surface area (Å²) in [6.07, 6.45) is 0. The van der Waals surface area contributed by atoms with Crippen LogP contribution < -0.4 is 4.72 Å². The third-order valence-corrected chi connectivity index (χ3v) is 4.50. The number of hydrogen-bond donors (Lipinski definition) is 1. The van der Waals surface area contributed by atoms with Gasteiger partial charge in [-0.3, -0.25) is 9.59 Å². The first-order chi connectivity index (χ1) is 10.3. The van der Waals surface area contributed by atoms with Crippen molar-refractivity contribution in [2.75, 3.05) is 5.75 Å². The molecule has 0 fully saturated rings. The number of nitrogens with zero attached hydrogens (tertiary/aromatic N) is 1. The molecule has 0 bridgehead atoms. The number of carbonyl (C=O) groups is 3. The molecule has 1 aromatic rings. The van der Waals surface area contributed by atoms with Gasteiger partial charge in [0.2, 0.25) is 10.0 Å². The second-order valence-electron chi connectivity index (χ2n) is 4.60. The van der Waals surface area contributed by atoms with E-state index in [4.69, 9.17) is 4.84 Å². The first kappa shape index (κ1) is 16.1. The van der Waals surface area contributed by atoms with Crippen LogP contribution in [0.2, 0.25) is 0 Å². The van der Waals surface area contributed by atoms with Gasteiger partial charge in [-0.2, -0.15) is 0 Å². The molecule has 2 amide bonds. The van der Waals surface area contributed by atoms with Crippen LogP contribution in [0.15, 0.2) is 24.3 Å². The molecule has 0 radical (unpaired) electrons. The van der Waals surface area contributed by atoms with Crippen LogP contribution in [0.3, 0.4) is 0 Å². The monoisotopic (exact) mass is 326 g/mol. The first-order valence-corrected chi connectivity index (χ1v) is 8.11. The molecule has 8 nitrogen and oxygen atoms in total. The molecule has 9 heteroatoms. The molecule has 1 N–H and O–H groups in total. The van der Waals surface area contributed by atoms with E-state index in [2.05, 4.69) is 4.72 Å². The topological polar surface area (TPSA) is 110 Å². The Balaban J connectivity index is 2.11. The molecular weight excluding hydrogens is 312 g/mol.